The molecule has 0 saturated heterocycles. The van der Waals surface area contributed by atoms with Crippen molar-refractivity contribution in [2.45, 2.75) is 33.6 Å². The Morgan fingerprint density at radius 1 is 1.19 bits per heavy atom. The largest absolute Gasteiger partial charge is 0.139 e. The summed E-state index contributed by atoms with van der Waals surface area (Å²) in [4.78, 5) is 1.33. The second kappa shape index (κ2) is 4.38. The third kappa shape index (κ3) is 2.58. The van der Waals surface area contributed by atoms with Crippen LogP contribution in [0.15, 0.2) is 24.3 Å². The van der Waals surface area contributed by atoms with Crippen molar-refractivity contribution >= 4 is 33.0 Å². The smallest absolute Gasteiger partial charge is 0.0623 e. The van der Waals surface area contributed by atoms with Crippen molar-refractivity contribution in [2.24, 2.45) is 5.41 Å². The van der Waals surface area contributed by atoms with E-state index in [1.54, 1.807) is 0 Å². The fraction of sp³-hybridized carbons (Fsp3) is 0.429. The molecule has 0 bridgehead atoms. The van der Waals surface area contributed by atoms with Crippen molar-refractivity contribution in [3.63, 3.8) is 0 Å². The molecule has 0 aliphatic carbocycles. The first-order valence-electron chi connectivity index (χ1n) is 5.63. The molecular weight excluding hydrogens is 236 g/mol. The summed E-state index contributed by atoms with van der Waals surface area (Å²) in [5.74, 6) is 0. The van der Waals surface area contributed by atoms with E-state index in [0.717, 1.165) is 11.4 Å². The summed E-state index contributed by atoms with van der Waals surface area (Å²) < 4.78 is 1.30. The average molecular weight is 253 g/mol. The summed E-state index contributed by atoms with van der Waals surface area (Å²) in [5.41, 5.74) is 0.375. The summed E-state index contributed by atoms with van der Waals surface area (Å²) in [6, 6.07) is 8.37. The number of benzene rings is 1. The van der Waals surface area contributed by atoms with Crippen LogP contribution in [0, 0.1) is 5.41 Å². The topological polar surface area (TPSA) is 0 Å². The van der Waals surface area contributed by atoms with Gasteiger partial charge in [-0.3, -0.25) is 0 Å². The predicted molar refractivity (Wildman–Crippen MR) is 74.6 cm³/mol. The van der Waals surface area contributed by atoms with Gasteiger partial charge in [0, 0.05) is 15.0 Å². The van der Waals surface area contributed by atoms with Crippen molar-refractivity contribution in [3.8, 4) is 0 Å². The molecule has 1 aromatic heterocycles. The maximum Gasteiger partial charge on any atom is 0.0623 e. The lowest BCUT2D eigenvalue weighted by atomic mass is 9.90. The normalized spacial score (nSPS) is 12.2. The third-order valence-electron chi connectivity index (χ3n) is 2.70. The Hall–Kier alpha value is -0.530. The standard InChI is InChI=1S/C14H17ClS/c1-14(2,3)9-8-12-13(15)10-6-4-5-7-11(10)16-12/h4-7H,8-9H2,1-3H3. The van der Waals surface area contributed by atoms with E-state index in [0.29, 0.717) is 5.41 Å². The van der Waals surface area contributed by atoms with Crippen molar-refractivity contribution in [1.29, 1.82) is 0 Å². The van der Waals surface area contributed by atoms with Gasteiger partial charge in [0.2, 0.25) is 0 Å². The van der Waals surface area contributed by atoms with Crippen LogP contribution in [0.5, 0.6) is 0 Å². The highest BCUT2D eigenvalue weighted by atomic mass is 35.5. The van der Waals surface area contributed by atoms with Gasteiger partial charge in [-0.15, -0.1) is 11.3 Å². The molecule has 0 saturated carbocycles. The minimum Gasteiger partial charge on any atom is -0.139 e. The van der Waals surface area contributed by atoms with Crippen LogP contribution in [0.4, 0.5) is 0 Å². The quantitative estimate of drug-likeness (QED) is 0.659. The van der Waals surface area contributed by atoms with Gasteiger partial charge in [-0.2, -0.15) is 0 Å². The first kappa shape index (κ1) is 11.9. The molecule has 0 amide bonds. The zero-order chi connectivity index (χ0) is 11.8. The van der Waals surface area contributed by atoms with Crippen molar-refractivity contribution in [3.05, 3.63) is 34.2 Å². The summed E-state index contributed by atoms with van der Waals surface area (Å²) in [6.45, 7) is 6.82. The molecule has 0 atom stereocenters. The van der Waals surface area contributed by atoms with Gasteiger partial charge >= 0.3 is 0 Å². The summed E-state index contributed by atoms with van der Waals surface area (Å²) in [7, 11) is 0. The summed E-state index contributed by atoms with van der Waals surface area (Å²) in [5, 5.41) is 2.17. The van der Waals surface area contributed by atoms with Crippen LogP contribution in [0.3, 0.4) is 0 Å². The zero-order valence-corrected chi connectivity index (χ0v) is 11.6. The van der Waals surface area contributed by atoms with Gasteiger partial charge in [-0.25, -0.2) is 0 Å². The molecule has 86 valence electrons. The number of fused-ring (bicyclic) bond motifs is 1. The van der Waals surface area contributed by atoms with Crippen LogP contribution in [0.1, 0.15) is 32.1 Å². The van der Waals surface area contributed by atoms with Crippen LogP contribution in [0.2, 0.25) is 5.02 Å². The molecule has 0 aliphatic rings. The SMILES string of the molecule is CC(C)(C)CCc1sc2ccccc2c1Cl. The molecule has 1 heterocycles. The second-order valence-corrected chi connectivity index (χ2v) is 6.91. The number of aryl methyl sites for hydroxylation is 1. The Balaban J connectivity index is 2.28. The minimum absolute atomic E-state index is 0.375. The molecule has 2 aromatic rings. The molecule has 0 spiro atoms. The fourth-order valence-electron chi connectivity index (χ4n) is 1.71. The van der Waals surface area contributed by atoms with E-state index < -0.39 is 0 Å². The Morgan fingerprint density at radius 3 is 2.50 bits per heavy atom. The van der Waals surface area contributed by atoms with Gasteiger partial charge in [0.15, 0.2) is 0 Å². The van der Waals surface area contributed by atoms with Gasteiger partial charge in [-0.1, -0.05) is 50.6 Å². The van der Waals surface area contributed by atoms with Crippen LogP contribution in [-0.4, -0.2) is 0 Å². The molecule has 2 heteroatoms. The highest BCUT2D eigenvalue weighted by Crippen LogP contribution is 2.37. The van der Waals surface area contributed by atoms with Crippen molar-refractivity contribution in [1.82, 2.24) is 0 Å². The van der Waals surface area contributed by atoms with E-state index in [2.05, 4.69) is 45.0 Å². The lowest BCUT2D eigenvalue weighted by molar-refractivity contribution is 0.379. The lowest BCUT2D eigenvalue weighted by Crippen LogP contribution is -2.05. The fourth-order valence-corrected chi connectivity index (χ4v) is 3.24. The molecule has 16 heavy (non-hydrogen) atoms. The number of thiophene rings is 1. The van der Waals surface area contributed by atoms with Crippen LogP contribution < -0.4 is 0 Å². The number of halogens is 1. The van der Waals surface area contributed by atoms with E-state index in [1.165, 1.54) is 21.4 Å². The third-order valence-corrected chi connectivity index (χ3v) is 4.48. The Morgan fingerprint density at radius 2 is 1.88 bits per heavy atom. The van der Waals surface area contributed by atoms with Gasteiger partial charge in [-0.05, 0) is 24.3 Å². The number of hydrogen-bond donors (Lipinski definition) is 0. The highest BCUT2D eigenvalue weighted by Gasteiger charge is 2.14. The van der Waals surface area contributed by atoms with E-state index in [1.807, 2.05) is 11.3 Å². The summed E-state index contributed by atoms with van der Waals surface area (Å²) in [6.07, 6.45) is 2.27. The molecule has 0 radical (unpaired) electrons. The molecule has 0 aliphatic heterocycles. The number of rotatable bonds is 2. The molecule has 0 fully saturated rings. The zero-order valence-electron chi connectivity index (χ0n) is 10.0. The first-order valence-corrected chi connectivity index (χ1v) is 6.83. The Bertz CT molecular complexity index is 491. The molecule has 0 unspecified atom stereocenters. The number of hydrogen-bond acceptors (Lipinski definition) is 1. The highest BCUT2D eigenvalue weighted by molar-refractivity contribution is 7.19. The van der Waals surface area contributed by atoms with Gasteiger partial charge in [0.05, 0.1) is 5.02 Å². The maximum atomic E-state index is 6.40. The molecule has 2 rings (SSSR count). The second-order valence-electron chi connectivity index (χ2n) is 5.40. The van der Waals surface area contributed by atoms with E-state index in [4.69, 9.17) is 11.6 Å². The molecule has 0 nitrogen and oxygen atoms in total. The minimum atomic E-state index is 0.375. The Kier molecular flexibility index (Phi) is 3.27. The van der Waals surface area contributed by atoms with Gasteiger partial charge < -0.3 is 0 Å². The Labute approximate surface area is 106 Å². The van der Waals surface area contributed by atoms with E-state index in [-0.39, 0.29) is 0 Å². The van der Waals surface area contributed by atoms with Crippen molar-refractivity contribution < 1.29 is 0 Å². The summed E-state index contributed by atoms with van der Waals surface area (Å²) >= 11 is 8.23. The maximum absolute atomic E-state index is 6.40. The first-order chi connectivity index (χ1) is 7.47. The van der Waals surface area contributed by atoms with Gasteiger partial charge in [0.1, 0.15) is 0 Å². The average Bonchev–Trinajstić information content (AvgIpc) is 2.53. The van der Waals surface area contributed by atoms with Crippen LogP contribution in [-0.2, 0) is 6.42 Å². The van der Waals surface area contributed by atoms with Crippen LogP contribution in [0.25, 0.3) is 10.1 Å². The van der Waals surface area contributed by atoms with Gasteiger partial charge in [0.25, 0.3) is 0 Å². The van der Waals surface area contributed by atoms with Crippen LogP contribution >= 0.6 is 22.9 Å². The monoisotopic (exact) mass is 252 g/mol. The lowest BCUT2D eigenvalue weighted by Gasteiger charge is -2.17. The van der Waals surface area contributed by atoms with Crippen molar-refractivity contribution in [2.75, 3.05) is 0 Å². The van der Waals surface area contributed by atoms with E-state index >= 15 is 0 Å². The van der Waals surface area contributed by atoms with E-state index in [9.17, 15) is 0 Å². The molecule has 0 N–H and O–H groups in total. The molecule has 1 aromatic carbocycles. The predicted octanol–water partition coefficient (Wildman–Crippen LogP) is 5.53. The molecular formula is C14H17ClS.